The van der Waals surface area contributed by atoms with Crippen molar-refractivity contribution in [1.29, 1.82) is 0 Å². The van der Waals surface area contributed by atoms with Crippen LogP contribution in [0.2, 0.25) is 0 Å². The van der Waals surface area contributed by atoms with E-state index < -0.39 is 0 Å². The first kappa shape index (κ1) is 16.2. The lowest BCUT2D eigenvalue weighted by Crippen LogP contribution is -2.50. The van der Waals surface area contributed by atoms with Crippen LogP contribution in [0.15, 0.2) is 0 Å². The van der Waals surface area contributed by atoms with Crippen molar-refractivity contribution in [2.24, 2.45) is 5.73 Å². The maximum atomic E-state index is 5.91. The summed E-state index contributed by atoms with van der Waals surface area (Å²) >= 11 is 7.07. The Balaban J connectivity index is 2.37. The lowest BCUT2D eigenvalue weighted by atomic mass is 9.95. The minimum atomic E-state index is 0.0566. The smallest absolute Gasteiger partial charge is 0.0891 e. The summed E-state index contributed by atoms with van der Waals surface area (Å²) in [6, 6.07) is 0. The van der Waals surface area contributed by atoms with E-state index in [1.807, 2.05) is 11.8 Å². The lowest BCUT2D eigenvalue weighted by molar-refractivity contribution is 0.184. The number of thiocarbonyl (C=S) groups is 1. The zero-order valence-corrected chi connectivity index (χ0v) is 13.6. The number of nitrogens with two attached hydrogens (primary N) is 1. The molecule has 1 saturated heterocycles. The highest BCUT2D eigenvalue weighted by Gasteiger charge is 2.36. The topological polar surface area (TPSA) is 32.5 Å². The van der Waals surface area contributed by atoms with Gasteiger partial charge in [0.2, 0.25) is 0 Å². The Morgan fingerprint density at radius 1 is 1.33 bits per heavy atom. The van der Waals surface area contributed by atoms with E-state index in [4.69, 9.17) is 18.0 Å². The van der Waals surface area contributed by atoms with Crippen molar-refractivity contribution < 1.29 is 0 Å². The Bertz CT molecular complexity index is 259. The molecule has 0 amide bonds. The van der Waals surface area contributed by atoms with E-state index in [2.05, 4.69) is 29.9 Å². The molecule has 1 fully saturated rings. The summed E-state index contributed by atoms with van der Waals surface area (Å²) in [7, 11) is 0. The molecule has 1 aliphatic heterocycles. The molecule has 0 aromatic carbocycles. The number of piperidine rings is 1. The molecule has 0 unspecified atom stereocenters. The molecule has 3 nitrogen and oxygen atoms in total. The molecule has 1 rings (SSSR count). The SMILES string of the molecule is CCN(CC)CCN1CCC(SC)(C(N)=S)CC1. The molecule has 106 valence electrons. The highest BCUT2D eigenvalue weighted by molar-refractivity contribution is 8.02. The van der Waals surface area contributed by atoms with Crippen molar-refractivity contribution >= 4 is 29.0 Å². The van der Waals surface area contributed by atoms with Crippen molar-refractivity contribution in [3.63, 3.8) is 0 Å². The van der Waals surface area contributed by atoms with Gasteiger partial charge in [0.25, 0.3) is 0 Å². The van der Waals surface area contributed by atoms with E-state index >= 15 is 0 Å². The molecule has 5 heteroatoms. The Hall–Kier alpha value is 0.160. The normalized spacial score (nSPS) is 20.2. The molecule has 0 radical (unpaired) electrons. The van der Waals surface area contributed by atoms with Gasteiger partial charge in [-0.3, -0.25) is 0 Å². The summed E-state index contributed by atoms with van der Waals surface area (Å²) in [5.41, 5.74) is 5.91. The monoisotopic (exact) mass is 289 g/mol. The van der Waals surface area contributed by atoms with Crippen LogP contribution >= 0.6 is 24.0 Å². The minimum absolute atomic E-state index is 0.0566. The largest absolute Gasteiger partial charge is 0.392 e. The predicted molar refractivity (Wildman–Crippen MR) is 86.5 cm³/mol. The van der Waals surface area contributed by atoms with Crippen molar-refractivity contribution in [2.45, 2.75) is 31.4 Å². The second-order valence-corrected chi connectivity index (χ2v) is 6.56. The Morgan fingerprint density at radius 3 is 2.28 bits per heavy atom. The van der Waals surface area contributed by atoms with Crippen molar-refractivity contribution in [2.75, 3.05) is 45.5 Å². The zero-order valence-electron chi connectivity index (χ0n) is 11.9. The molecule has 18 heavy (non-hydrogen) atoms. The third-order valence-electron chi connectivity index (χ3n) is 4.13. The van der Waals surface area contributed by atoms with Gasteiger partial charge in [0, 0.05) is 13.1 Å². The van der Waals surface area contributed by atoms with Crippen LogP contribution in [0.1, 0.15) is 26.7 Å². The summed E-state index contributed by atoms with van der Waals surface area (Å²) in [6.45, 7) is 11.3. The highest BCUT2D eigenvalue weighted by atomic mass is 32.2. The lowest BCUT2D eigenvalue weighted by Gasteiger charge is -2.40. The van der Waals surface area contributed by atoms with Crippen LogP contribution in [0.5, 0.6) is 0 Å². The second-order valence-electron chi connectivity index (χ2n) is 4.93. The van der Waals surface area contributed by atoms with Crippen LogP contribution in [0.4, 0.5) is 0 Å². The zero-order chi connectivity index (χ0) is 13.6. The summed E-state index contributed by atoms with van der Waals surface area (Å²) in [4.78, 5) is 5.72. The third kappa shape index (κ3) is 4.08. The van der Waals surface area contributed by atoms with Crippen LogP contribution in [-0.2, 0) is 0 Å². The number of hydrogen-bond acceptors (Lipinski definition) is 4. The molecule has 0 saturated carbocycles. The molecule has 0 aromatic rings. The molecule has 0 aliphatic carbocycles. The van der Waals surface area contributed by atoms with Gasteiger partial charge in [0.15, 0.2) is 0 Å². The number of rotatable bonds is 7. The molecule has 2 N–H and O–H groups in total. The number of thioether (sulfide) groups is 1. The molecular weight excluding hydrogens is 262 g/mol. The predicted octanol–water partition coefficient (Wildman–Crippen LogP) is 1.81. The van der Waals surface area contributed by atoms with Gasteiger partial charge in [-0.1, -0.05) is 26.1 Å². The van der Waals surface area contributed by atoms with Gasteiger partial charge < -0.3 is 15.5 Å². The second kappa shape index (κ2) is 7.68. The van der Waals surface area contributed by atoms with Crippen LogP contribution < -0.4 is 5.73 Å². The summed E-state index contributed by atoms with van der Waals surface area (Å²) in [6.07, 6.45) is 4.33. The standard InChI is InChI=1S/C13H27N3S2/c1-4-15(5-2)10-11-16-8-6-13(18-3,7-9-16)12(14)17/h4-11H2,1-3H3,(H2,14,17). The molecule has 0 aromatic heterocycles. The Kier molecular flexibility index (Phi) is 6.92. The van der Waals surface area contributed by atoms with Crippen molar-refractivity contribution in [3.05, 3.63) is 0 Å². The van der Waals surface area contributed by atoms with Crippen molar-refractivity contribution in [3.8, 4) is 0 Å². The first-order chi connectivity index (χ1) is 8.57. The first-order valence-electron chi connectivity index (χ1n) is 6.87. The average molecular weight is 290 g/mol. The molecular formula is C13H27N3S2. The Labute approximate surface area is 121 Å². The number of likely N-dealkylation sites (N-methyl/N-ethyl adjacent to an activating group) is 1. The maximum Gasteiger partial charge on any atom is 0.0891 e. The van der Waals surface area contributed by atoms with E-state index in [0.29, 0.717) is 4.99 Å². The number of nitrogens with zero attached hydrogens (tertiary/aromatic N) is 2. The van der Waals surface area contributed by atoms with Gasteiger partial charge in [-0.25, -0.2) is 0 Å². The number of hydrogen-bond donors (Lipinski definition) is 1. The maximum absolute atomic E-state index is 5.91. The fourth-order valence-corrected chi connectivity index (χ4v) is 3.76. The summed E-state index contributed by atoms with van der Waals surface area (Å²) < 4.78 is 0.0566. The van der Waals surface area contributed by atoms with Crippen LogP contribution in [0.25, 0.3) is 0 Å². The van der Waals surface area contributed by atoms with Crippen molar-refractivity contribution in [1.82, 2.24) is 9.80 Å². The fraction of sp³-hybridized carbons (Fsp3) is 0.923. The highest BCUT2D eigenvalue weighted by Crippen LogP contribution is 2.34. The van der Waals surface area contributed by atoms with Gasteiger partial charge >= 0.3 is 0 Å². The van der Waals surface area contributed by atoms with E-state index in [0.717, 1.165) is 39.0 Å². The summed E-state index contributed by atoms with van der Waals surface area (Å²) in [5, 5.41) is 0. The molecule has 1 aliphatic rings. The van der Waals surface area contributed by atoms with Gasteiger partial charge in [0.05, 0.1) is 9.74 Å². The van der Waals surface area contributed by atoms with E-state index in [1.54, 1.807) is 0 Å². The fourth-order valence-electron chi connectivity index (χ4n) is 2.51. The van der Waals surface area contributed by atoms with Crippen LogP contribution in [0, 0.1) is 0 Å². The van der Waals surface area contributed by atoms with E-state index in [9.17, 15) is 0 Å². The summed E-state index contributed by atoms with van der Waals surface area (Å²) in [5.74, 6) is 0. The van der Waals surface area contributed by atoms with Crippen LogP contribution in [-0.4, -0.2) is 65.1 Å². The average Bonchev–Trinajstić information content (AvgIpc) is 2.40. The van der Waals surface area contributed by atoms with Crippen LogP contribution in [0.3, 0.4) is 0 Å². The third-order valence-corrected chi connectivity index (χ3v) is 6.06. The quantitative estimate of drug-likeness (QED) is 0.723. The van der Waals surface area contributed by atoms with Gasteiger partial charge in [0.1, 0.15) is 0 Å². The van der Waals surface area contributed by atoms with E-state index in [-0.39, 0.29) is 4.75 Å². The number of likely N-dealkylation sites (tertiary alicyclic amines) is 1. The van der Waals surface area contributed by atoms with E-state index in [1.165, 1.54) is 13.1 Å². The van der Waals surface area contributed by atoms with Gasteiger partial charge in [-0.05, 0) is 45.3 Å². The molecule has 0 bridgehead atoms. The Morgan fingerprint density at radius 2 is 1.89 bits per heavy atom. The molecule has 1 heterocycles. The van der Waals surface area contributed by atoms with Gasteiger partial charge in [-0.2, -0.15) is 11.8 Å². The molecule has 0 spiro atoms. The minimum Gasteiger partial charge on any atom is -0.392 e. The van der Waals surface area contributed by atoms with Gasteiger partial charge in [-0.15, -0.1) is 0 Å². The molecule has 0 atom stereocenters. The first-order valence-corrected chi connectivity index (χ1v) is 8.51.